The molecule has 70 heavy (non-hydrogen) atoms. The second kappa shape index (κ2) is 15.0. The molecule has 6 aromatic heterocycles. The molecule has 0 aliphatic carbocycles. The fourth-order valence-corrected chi connectivity index (χ4v) is 11.4. The normalized spacial score (nSPS) is 12.0. The van der Waals surface area contributed by atoms with E-state index in [1.807, 2.05) is 0 Å². The topological polar surface area (TPSA) is 45.5 Å². The van der Waals surface area contributed by atoms with E-state index in [4.69, 9.17) is 9.97 Å². The highest BCUT2D eigenvalue weighted by Gasteiger charge is 2.24. The maximum absolute atomic E-state index is 5.38. The number of hydrogen-bond acceptors (Lipinski definition) is 2. The highest BCUT2D eigenvalue weighted by Crippen LogP contribution is 2.44. The van der Waals surface area contributed by atoms with Crippen LogP contribution in [0.3, 0.4) is 0 Å². The van der Waals surface area contributed by atoms with Gasteiger partial charge in [0.25, 0.3) is 0 Å². The maximum atomic E-state index is 5.38. The molecule has 0 N–H and O–H groups in total. The molecule has 326 valence electrons. The van der Waals surface area contributed by atoms with Gasteiger partial charge in [0.2, 0.25) is 0 Å². The summed E-state index contributed by atoms with van der Waals surface area (Å²) in [6, 6.07) is 87.1. The van der Waals surface area contributed by atoms with E-state index in [1.54, 1.807) is 0 Å². The molecule has 0 saturated heterocycles. The number of hydrogen-bond donors (Lipinski definition) is 0. The number of benzene rings is 9. The molecule has 9 aromatic carbocycles. The van der Waals surface area contributed by atoms with Gasteiger partial charge in [0.15, 0.2) is 0 Å². The summed E-state index contributed by atoms with van der Waals surface area (Å²) in [5.74, 6) is 1.76. The van der Waals surface area contributed by atoms with Crippen LogP contribution in [0, 0.1) is 0 Å². The van der Waals surface area contributed by atoms with E-state index in [0.717, 1.165) is 89.7 Å². The van der Waals surface area contributed by atoms with Crippen LogP contribution in [0.5, 0.6) is 0 Å². The predicted octanol–water partition coefficient (Wildman–Crippen LogP) is 16.2. The van der Waals surface area contributed by atoms with E-state index in [2.05, 4.69) is 261 Å². The Morgan fingerprint density at radius 3 is 1.20 bits per heavy atom. The van der Waals surface area contributed by atoms with Crippen LogP contribution in [-0.2, 0) is 0 Å². The quantitative estimate of drug-likeness (QED) is 0.167. The third-order valence-corrected chi connectivity index (χ3v) is 14.4. The van der Waals surface area contributed by atoms with Gasteiger partial charge in [0.1, 0.15) is 11.6 Å². The van der Waals surface area contributed by atoms with E-state index < -0.39 is 0 Å². The van der Waals surface area contributed by atoms with Crippen LogP contribution in [0.2, 0.25) is 0 Å². The Hall–Kier alpha value is -9.52. The third-order valence-electron chi connectivity index (χ3n) is 14.4. The smallest absolute Gasteiger partial charge is 0.138 e. The Balaban J connectivity index is 1.00. The molecule has 0 radical (unpaired) electrons. The van der Waals surface area contributed by atoms with Crippen molar-refractivity contribution >= 4 is 87.2 Å². The lowest BCUT2D eigenvalue weighted by Gasteiger charge is -2.15. The Morgan fingerprint density at radius 1 is 0.243 bits per heavy atom. The molecule has 0 atom stereocenters. The number of fused-ring (bicyclic) bond motifs is 14. The standard InChI is InChI=1S/C64H40N6/c1-3-18-41(19-4-1)52-28-16-34-59(65-52)69-55-31-12-8-24-45(55)48-38-39-58-61(62(48)69)51-27-10-14-33-57(51)67(58)43-22-15-23-44(40-43)68-54-30-11-7-25-46(54)49-36-37-50-47-26-9-13-32-56(47)70(64(50)63(49)68)60-35-17-29-53(66-60)42-20-5-2-6-21-42/h1-40H. The summed E-state index contributed by atoms with van der Waals surface area (Å²) in [6.45, 7) is 0. The molecular weight excluding hydrogens is 853 g/mol. The molecule has 6 heterocycles. The fraction of sp³-hybridized carbons (Fsp3) is 0. The zero-order chi connectivity index (χ0) is 45.9. The van der Waals surface area contributed by atoms with Gasteiger partial charge in [-0.05, 0) is 72.8 Å². The van der Waals surface area contributed by atoms with Gasteiger partial charge < -0.3 is 9.13 Å². The maximum Gasteiger partial charge on any atom is 0.138 e. The summed E-state index contributed by atoms with van der Waals surface area (Å²) in [7, 11) is 0. The average Bonchev–Trinajstić information content (AvgIpc) is 4.17. The van der Waals surface area contributed by atoms with E-state index in [0.29, 0.717) is 0 Å². The SMILES string of the molecule is c1ccc(-c2cccc(-n3c4ccccc4c4ccc5c(c6ccccc6n5-c5cccc(-n6c7ccccc7c7ccc8c9ccccc9n(-c9cccc(-c%10ccccc%10)n9)c8c76)c5)c43)n2)cc1. The number of rotatable bonds is 6. The molecule has 6 heteroatoms. The largest absolute Gasteiger partial charge is 0.309 e. The van der Waals surface area contributed by atoms with Gasteiger partial charge in [0.05, 0.1) is 55.5 Å². The molecule has 6 nitrogen and oxygen atoms in total. The van der Waals surface area contributed by atoms with Gasteiger partial charge in [-0.25, -0.2) is 9.97 Å². The van der Waals surface area contributed by atoms with Crippen molar-refractivity contribution in [2.75, 3.05) is 0 Å². The van der Waals surface area contributed by atoms with Crippen molar-refractivity contribution in [2.24, 2.45) is 0 Å². The second-order valence-corrected chi connectivity index (χ2v) is 18.1. The first-order valence-electron chi connectivity index (χ1n) is 23.8. The molecule has 0 unspecified atom stereocenters. The summed E-state index contributed by atoms with van der Waals surface area (Å²) in [6.07, 6.45) is 0. The molecule has 0 aliphatic heterocycles. The minimum absolute atomic E-state index is 0.876. The summed E-state index contributed by atoms with van der Waals surface area (Å²) in [4.78, 5) is 10.7. The van der Waals surface area contributed by atoms with Crippen LogP contribution in [0.25, 0.3) is 133 Å². The van der Waals surface area contributed by atoms with Gasteiger partial charge in [-0.15, -0.1) is 0 Å². The molecule has 0 aliphatic rings. The molecule has 15 aromatic rings. The first-order valence-corrected chi connectivity index (χ1v) is 23.8. The van der Waals surface area contributed by atoms with Gasteiger partial charge >= 0.3 is 0 Å². The summed E-state index contributed by atoms with van der Waals surface area (Å²) < 4.78 is 9.67. The minimum Gasteiger partial charge on any atom is -0.309 e. The Morgan fingerprint density at radius 2 is 0.643 bits per heavy atom. The van der Waals surface area contributed by atoms with Crippen LogP contribution in [0.4, 0.5) is 0 Å². The summed E-state index contributed by atoms with van der Waals surface area (Å²) >= 11 is 0. The summed E-state index contributed by atoms with van der Waals surface area (Å²) in [5.41, 5.74) is 15.2. The number of nitrogens with zero attached hydrogens (tertiary/aromatic N) is 6. The van der Waals surface area contributed by atoms with Crippen LogP contribution in [0.15, 0.2) is 243 Å². The number of pyridine rings is 2. The molecule has 0 bridgehead atoms. The highest BCUT2D eigenvalue weighted by molar-refractivity contribution is 6.27. The van der Waals surface area contributed by atoms with E-state index in [1.165, 1.54) is 43.1 Å². The van der Waals surface area contributed by atoms with Crippen LogP contribution < -0.4 is 0 Å². The lowest BCUT2D eigenvalue weighted by molar-refractivity contribution is 1.08. The van der Waals surface area contributed by atoms with Crippen molar-refractivity contribution in [3.05, 3.63) is 243 Å². The van der Waals surface area contributed by atoms with Crippen molar-refractivity contribution in [1.82, 2.24) is 28.2 Å². The molecule has 0 amide bonds. The predicted molar refractivity (Wildman–Crippen MR) is 290 cm³/mol. The van der Waals surface area contributed by atoms with E-state index in [-0.39, 0.29) is 0 Å². The first kappa shape index (κ1) is 38.6. The van der Waals surface area contributed by atoms with Crippen molar-refractivity contribution in [3.63, 3.8) is 0 Å². The van der Waals surface area contributed by atoms with E-state index >= 15 is 0 Å². The third kappa shape index (κ3) is 5.56. The van der Waals surface area contributed by atoms with Gasteiger partial charge in [-0.3, -0.25) is 9.13 Å². The van der Waals surface area contributed by atoms with E-state index in [9.17, 15) is 0 Å². The Bertz CT molecular complexity index is 4590. The second-order valence-electron chi connectivity index (χ2n) is 18.1. The minimum atomic E-state index is 0.876. The molecule has 15 rings (SSSR count). The van der Waals surface area contributed by atoms with Crippen molar-refractivity contribution < 1.29 is 0 Å². The molecule has 0 fully saturated rings. The van der Waals surface area contributed by atoms with Gasteiger partial charge in [-0.1, -0.05) is 170 Å². The van der Waals surface area contributed by atoms with Gasteiger partial charge in [-0.2, -0.15) is 0 Å². The number of para-hydroxylation sites is 4. The van der Waals surface area contributed by atoms with Gasteiger partial charge in [0, 0.05) is 65.6 Å². The van der Waals surface area contributed by atoms with Crippen LogP contribution in [-0.4, -0.2) is 28.2 Å². The first-order chi connectivity index (χ1) is 34.8. The summed E-state index contributed by atoms with van der Waals surface area (Å²) in [5, 5.41) is 9.52. The lowest BCUT2D eigenvalue weighted by Crippen LogP contribution is -2.02. The monoisotopic (exact) mass is 892 g/mol. The zero-order valence-electron chi connectivity index (χ0n) is 37.8. The Kier molecular flexibility index (Phi) is 8.26. The van der Waals surface area contributed by atoms with Crippen molar-refractivity contribution in [1.29, 1.82) is 0 Å². The molecular formula is C64H40N6. The van der Waals surface area contributed by atoms with Crippen LogP contribution >= 0.6 is 0 Å². The zero-order valence-corrected chi connectivity index (χ0v) is 37.8. The Labute approximate surface area is 401 Å². The molecule has 0 spiro atoms. The van der Waals surface area contributed by atoms with Crippen LogP contribution in [0.1, 0.15) is 0 Å². The van der Waals surface area contributed by atoms with Crippen molar-refractivity contribution in [3.8, 4) is 45.5 Å². The molecule has 0 saturated carbocycles. The van der Waals surface area contributed by atoms with Crippen molar-refractivity contribution in [2.45, 2.75) is 0 Å². The lowest BCUT2D eigenvalue weighted by atomic mass is 10.1. The highest BCUT2D eigenvalue weighted by atomic mass is 15.1. The average molecular weight is 893 g/mol. The fourth-order valence-electron chi connectivity index (χ4n) is 11.4. The number of aromatic nitrogens is 6.